The molecule has 3 unspecified atom stereocenters. The highest BCUT2D eigenvalue weighted by molar-refractivity contribution is 9.10. The van der Waals surface area contributed by atoms with Gasteiger partial charge in [-0.2, -0.15) is 0 Å². The smallest absolute Gasteiger partial charge is 0.150 e. The lowest BCUT2D eigenvalue weighted by molar-refractivity contribution is 0.0824. The average molecular weight is 365 g/mol. The summed E-state index contributed by atoms with van der Waals surface area (Å²) in [5.41, 5.74) is 0.243. The van der Waals surface area contributed by atoms with Gasteiger partial charge in [-0.05, 0) is 37.3 Å². The van der Waals surface area contributed by atoms with Gasteiger partial charge in [0.05, 0.1) is 11.4 Å². The second kappa shape index (κ2) is 6.12. The van der Waals surface area contributed by atoms with Crippen LogP contribution >= 0.6 is 15.9 Å². The van der Waals surface area contributed by atoms with Gasteiger partial charge in [0, 0.05) is 16.3 Å². The van der Waals surface area contributed by atoms with Crippen LogP contribution in [0.5, 0.6) is 0 Å². The van der Waals surface area contributed by atoms with Crippen molar-refractivity contribution in [3.05, 3.63) is 34.1 Å². The molecule has 0 radical (unpaired) electrons. The van der Waals surface area contributed by atoms with Crippen molar-refractivity contribution >= 4 is 25.8 Å². The molecule has 20 heavy (non-hydrogen) atoms. The van der Waals surface area contributed by atoms with Crippen LogP contribution in [0.2, 0.25) is 0 Å². The van der Waals surface area contributed by atoms with Crippen LogP contribution in [0, 0.1) is 11.7 Å². The Morgan fingerprint density at radius 1 is 1.40 bits per heavy atom. The number of aliphatic hydroxyl groups is 1. The number of halogens is 2. The highest BCUT2D eigenvalue weighted by Gasteiger charge is 2.33. The third kappa shape index (κ3) is 3.59. The zero-order valence-corrected chi connectivity index (χ0v) is 13.6. The molecule has 0 heterocycles. The predicted molar refractivity (Wildman–Crippen MR) is 79.6 cm³/mol. The standard InChI is InChI=1S/C14H18BrFO3S/c1-20(18,19)11-4-2-3-9(7-11)14(17)12-6-5-10(15)8-13(12)16/h5-6,8-9,11,14,17H,2-4,7H2,1H3. The van der Waals surface area contributed by atoms with E-state index in [1.54, 1.807) is 12.1 Å². The molecule has 3 nitrogen and oxygen atoms in total. The predicted octanol–water partition coefficient (Wildman–Crippen LogP) is 3.23. The molecule has 1 N–H and O–H groups in total. The molecule has 1 aliphatic rings. The molecule has 1 aliphatic carbocycles. The minimum Gasteiger partial charge on any atom is -0.388 e. The molecule has 0 aromatic heterocycles. The van der Waals surface area contributed by atoms with Crippen molar-refractivity contribution < 1.29 is 17.9 Å². The molecule has 1 saturated carbocycles. The quantitative estimate of drug-likeness (QED) is 0.895. The lowest BCUT2D eigenvalue weighted by atomic mass is 9.82. The highest BCUT2D eigenvalue weighted by atomic mass is 79.9. The summed E-state index contributed by atoms with van der Waals surface area (Å²) in [4.78, 5) is 0. The van der Waals surface area contributed by atoms with E-state index in [1.165, 1.54) is 12.3 Å². The molecule has 6 heteroatoms. The Labute approximate surface area is 127 Å². The van der Waals surface area contributed by atoms with E-state index in [0.29, 0.717) is 17.3 Å². The number of benzene rings is 1. The van der Waals surface area contributed by atoms with Gasteiger partial charge in [-0.15, -0.1) is 0 Å². The van der Waals surface area contributed by atoms with Crippen molar-refractivity contribution in [2.75, 3.05) is 6.26 Å². The summed E-state index contributed by atoms with van der Waals surface area (Å²) in [6.07, 6.45) is 2.78. The second-order valence-corrected chi connectivity index (χ2v) is 8.73. The maximum Gasteiger partial charge on any atom is 0.150 e. The fraction of sp³-hybridized carbons (Fsp3) is 0.571. The molecule has 1 aromatic carbocycles. The first-order valence-corrected chi connectivity index (χ1v) is 9.35. The van der Waals surface area contributed by atoms with Gasteiger partial charge >= 0.3 is 0 Å². The molecule has 0 bridgehead atoms. The first kappa shape index (κ1) is 15.9. The van der Waals surface area contributed by atoms with Crippen LogP contribution in [0.25, 0.3) is 0 Å². The van der Waals surface area contributed by atoms with Gasteiger partial charge in [0.25, 0.3) is 0 Å². The number of hydrogen-bond donors (Lipinski definition) is 1. The molecule has 1 aromatic rings. The van der Waals surface area contributed by atoms with Crippen LogP contribution in [-0.2, 0) is 9.84 Å². The van der Waals surface area contributed by atoms with E-state index in [9.17, 15) is 17.9 Å². The minimum absolute atomic E-state index is 0.209. The Morgan fingerprint density at radius 2 is 2.10 bits per heavy atom. The summed E-state index contributed by atoms with van der Waals surface area (Å²) in [6.45, 7) is 0. The van der Waals surface area contributed by atoms with Gasteiger partial charge in [0.1, 0.15) is 15.7 Å². The van der Waals surface area contributed by atoms with Gasteiger partial charge in [-0.3, -0.25) is 0 Å². The van der Waals surface area contributed by atoms with Crippen LogP contribution in [0.3, 0.4) is 0 Å². The molecule has 0 aliphatic heterocycles. The van der Waals surface area contributed by atoms with Gasteiger partial charge in [0.15, 0.2) is 0 Å². The third-order valence-electron chi connectivity index (χ3n) is 4.00. The Kier molecular flexibility index (Phi) is 4.87. The summed E-state index contributed by atoms with van der Waals surface area (Å²) in [7, 11) is -3.10. The van der Waals surface area contributed by atoms with Crippen molar-refractivity contribution in [1.29, 1.82) is 0 Å². The minimum atomic E-state index is -3.10. The molecule has 0 amide bonds. The average Bonchev–Trinajstić information content (AvgIpc) is 2.37. The molecule has 0 spiro atoms. The highest BCUT2D eigenvalue weighted by Crippen LogP contribution is 2.37. The number of hydrogen-bond acceptors (Lipinski definition) is 3. The molecule has 0 saturated heterocycles. The van der Waals surface area contributed by atoms with Gasteiger partial charge in [0.2, 0.25) is 0 Å². The zero-order valence-electron chi connectivity index (χ0n) is 11.2. The molecule has 3 atom stereocenters. The zero-order chi connectivity index (χ0) is 14.9. The Morgan fingerprint density at radius 3 is 2.70 bits per heavy atom. The van der Waals surface area contributed by atoms with Gasteiger partial charge in [-0.1, -0.05) is 28.4 Å². The summed E-state index contributed by atoms with van der Waals surface area (Å²) in [6, 6.07) is 4.54. The first-order valence-electron chi connectivity index (χ1n) is 6.61. The van der Waals surface area contributed by atoms with Crippen LogP contribution in [-0.4, -0.2) is 25.0 Å². The van der Waals surface area contributed by atoms with Crippen molar-refractivity contribution in [3.63, 3.8) is 0 Å². The normalized spacial score (nSPS) is 25.4. The molecule has 1 fully saturated rings. The fourth-order valence-corrected chi connectivity index (χ4v) is 4.38. The van der Waals surface area contributed by atoms with E-state index in [2.05, 4.69) is 15.9 Å². The van der Waals surface area contributed by atoms with Gasteiger partial charge in [-0.25, -0.2) is 12.8 Å². The molecular formula is C14H18BrFO3S. The maximum absolute atomic E-state index is 13.9. The van der Waals surface area contributed by atoms with E-state index in [4.69, 9.17) is 0 Å². The van der Waals surface area contributed by atoms with Crippen molar-refractivity contribution in [2.24, 2.45) is 5.92 Å². The number of aliphatic hydroxyl groups excluding tert-OH is 1. The summed E-state index contributed by atoms with van der Waals surface area (Å²) < 4.78 is 37.8. The lowest BCUT2D eigenvalue weighted by Crippen LogP contribution is -2.30. The SMILES string of the molecule is CS(=O)(=O)C1CCCC(C(O)c2ccc(Br)cc2F)C1. The largest absolute Gasteiger partial charge is 0.388 e. The number of sulfone groups is 1. The summed E-state index contributed by atoms with van der Waals surface area (Å²) >= 11 is 3.18. The molecule has 112 valence electrons. The third-order valence-corrected chi connectivity index (χ3v) is 6.13. The van der Waals surface area contributed by atoms with Crippen molar-refractivity contribution in [3.8, 4) is 0 Å². The van der Waals surface area contributed by atoms with Gasteiger partial charge < -0.3 is 5.11 Å². The summed E-state index contributed by atoms with van der Waals surface area (Å²) in [5.74, 6) is -0.674. The molecule has 2 rings (SSSR count). The van der Waals surface area contributed by atoms with Crippen LogP contribution in [0.15, 0.2) is 22.7 Å². The summed E-state index contributed by atoms with van der Waals surface area (Å²) in [5, 5.41) is 9.93. The van der Waals surface area contributed by atoms with E-state index in [1.807, 2.05) is 0 Å². The van der Waals surface area contributed by atoms with Crippen LogP contribution in [0.4, 0.5) is 4.39 Å². The number of rotatable bonds is 3. The van der Waals surface area contributed by atoms with Crippen molar-refractivity contribution in [1.82, 2.24) is 0 Å². The Balaban J connectivity index is 2.18. The van der Waals surface area contributed by atoms with E-state index in [0.717, 1.165) is 12.8 Å². The lowest BCUT2D eigenvalue weighted by Gasteiger charge is -2.31. The maximum atomic E-state index is 13.9. The fourth-order valence-electron chi connectivity index (χ4n) is 2.85. The Bertz CT molecular complexity index is 588. The monoisotopic (exact) mass is 364 g/mol. The van der Waals surface area contributed by atoms with E-state index < -0.39 is 27.0 Å². The van der Waals surface area contributed by atoms with Crippen LogP contribution in [0.1, 0.15) is 37.4 Å². The first-order chi connectivity index (χ1) is 9.29. The topological polar surface area (TPSA) is 54.4 Å². The van der Waals surface area contributed by atoms with E-state index >= 15 is 0 Å². The van der Waals surface area contributed by atoms with Crippen LogP contribution < -0.4 is 0 Å². The van der Waals surface area contributed by atoms with Crippen molar-refractivity contribution in [2.45, 2.75) is 37.0 Å². The second-order valence-electron chi connectivity index (χ2n) is 5.49. The Hall–Kier alpha value is -0.460. The van der Waals surface area contributed by atoms with E-state index in [-0.39, 0.29) is 11.5 Å². The molecular weight excluding hydrogens is 347 g/mol.